The Labute approximate surface area is 148 Å². The first-order valence-corrected chi connectivity index (χ1v) is 8.13. The molecular weight excluding hydrogens is 347 g/mol. The number of nitrogens with one attached hydrogen (secondary N) is 1. The molecule has 8 heteroatoms. The van der Waals surface area contributed by atoms with Gasteiger partial charge >= 0.3 is 6.18 Å². The van der Waals surface area contributed by atoms with Crippen molar-refractivity contribution in [2.75, 3.05) is 20.1 Å². The molecule has 1 saturated heterocycles. The van der Waals surface area contributed by atoms with Gasteiger partial charge in [0.15, 0.2) is 0 Å². The number of allylic oxidation sites excluding steroid dienone is 1. The van der Waals surface area contributed by atoms with E-state index in [1.807, 2.05) is 0 Å². The van der Waals surface area contributed by atoms with Crippen LogP contribution in [0.4, 0.5) is 13.2 Å². The molecule has 2 aliphatic rings. The molecule has 2 aliphatic heterocycles. The van der Waals surface area contributed by atoms with Crippen molar-refractivity contribution in [1.29, 1.82) is 0 Å². The molecule has 2 amide bonds. The second kappa shape index (κ2) is 6.59. The summed E-state index contributed by atoms with van der Waals surface area (Å²) in [5.74, 6) is -2.30. The van der Waals surface area contributed by atoms with Crippen LogP contribution < -0.4 is 5.32 Å². The van der Waals surface area contributed by atoms with Crippen LogP contribution in [0.2, 0.25) is 0 Å². The van der Waals surface area contributed by atoms with Crippen LogP contribution in [-0.2, 0) is 15.8 Å². The van der Waals surface area contributed by atoms with Gasteiger partial charge in [0.1, 0.15) is 5.92 Å². The largest absolute Gasteiger partial charge is 0.416 e. The van der Waals surface area contributed by atoms with Crippen LogP contribution in [0, 0.1) is 5.92 Å². The number of rotatable bonds is 3. The van der Waals surface area contributed by atoms with Gasteiger partial charge < -0.3 is 10.2 Å². The molecule has 0 aromatic heterocycles. The lowest BCUT2D eigenvalue weighted by atomic mass is 9.87. The topological polar surface area (TPSA) is 61.8 Å². The normalized spacial score (nSPS) is 23.1. The summed E-state index contributed by atoms with van der Waals surface area (Å²) in [6, 6.07) is 4.62. The summed E-state index contributed by atoms with van der Waals surface area (Å²) >= 11 is 0. The Morgan fingerprint density at radius 3 is 2.46 bits per heavy atom. The fourth-order valence-electron chi connectivity index (χ4n) is 3.27. The summed E-state index contributed by atoms with van der Waals surface area (Å²) in [4.78, 5) is 30.7. The summed E-state index contributed by atoms with van der Waals surface area (Å²) in [7, 11) is 1.58. The Hall–Kier alpha value is -2.64. The lowest BCUT2D eigenvalue weighted by molar-refractivity contribution is -0.138. The van der Waals surface area contributed by atoms with E-state index in [9.17, 15) is 22.8 Å². The molecule has 2 heterocycles. The third-order valence-electron chi connectivity index (χ3n) is 4.74. The molecule has 0 saturated carbocycles. The van der Waals surface area contributed by atoms with E-state index in [1.165, 1.54) is 17.0 Å². The number of aliphatic imine (C=N–C) groups is 1. The number of amides is 2. The first-order chi connectivity index (χ1) is 12.2. The third-order valence-corrected chi connectivity index (χ3v) is 4.74. The Morgan fingerprint density at radius 2 is 1.92 bits per heavy atom. The maximum Gasteiger partial charge on any atom is 0.416 e. The molecule has 0 aliphatic carbocycles. The molecule has 0 unspecified atom stereocenters. The molecule has 1 N–H and O–H groups in total. The number of likely N-dealkylation sites (tertiary alicyclic amines) is 1. The summed E-state index contributed by atoms with van der Waals surface area (Å²) < 4.78 is 38.2. The third kappa shape index (κ3) is 3.36. The number of nitrogens with zero attached hydrogens (tertiary/aromatic N) is 2. The number of benzene rings is 1. The highest BCUT2D eigenvalue weighted by atomic mass is 19.4. The van der Waals surface area contributed by atoms with Crippen LogP contribution in [0.5, 0.6) is 0 Å². The molecule has 0 radical (unpaired) electrons. The lowest BCUT2D eigenvalue weighted by Gasteiger charge is -2.18. The molecule has 138 valence electrons. The minimum absolute atomic E-state index is 0.272. The average molecular weight is 365 g/mol. The maximum atomic E-state index is 12.7. The molecule has 2 atom stereocenters. The average Bonchev–Trinajstić information content (AvgIpc) is 3.11. The Balaban J connectivity index is 1.84. The standard InChI is InChI=1S/C18H18F3N3O2/c1-10-14(7-8-22-10)23-16(25)15-13(9-24(2)17(15)26)11-3-5-12(6-4-11)18(19,20)21/h3-7,13,15H,8-9H2,1-2H3,(H,23,25)/t13-,15+/m0/s1. The Bertz CT molecular complexity index is 797. The minimum Gasteiger partial charge on any atom is -0.344 e. The number of likely N-dealkylation sites (N-methyl/N-ethyl adjacent to an activating group) is 1. The van der Waals surface area contributed by atoms with Crippen LogP contribution in [-0.4, -0.2) is 42.6 Å². The molecule has 1 aromatic carbocycles. The quantitative estimate of drug-likeness (QED) is 0.836. The van der Waals surface area contributed by atoms with Gasteiger partial charge in [-0.25, -0.2) is 0 Å². The first kappa shape index (κ1) is 18.2. The van der Waals surface area contributed by atoms with Gasteiger partial charge in [-0.1, -0.05) is 12.1 Å². The molecule has 0 spiro atoms. The highest BCUT2D eigenvalue weighted by molar-refractivity contribution is 6.08. The SMILES string of the molecule is CC1=NCC=C1NC(=O)[C@@H]1C(=O)N(C)C[C@H]1c1ccc(C(F)(F)F)cc1. The van der Waals surface area contributed by atoms with Gasteiger partial charge in [-0.3, -0.25) is 14.6 Å². The highest BCUT2D eigenvalue weighted by Crippen LogP contribution is 2.35. The fraction of sp³-hybridized carbons (Fsp3) is 0.389. The van der Waals surface area contributed by atoms with Crippen LogP contribution in [0.25, 0.3) is 0 Å². The predicted octanol–water partition coefficient (Wildman–Crippen LogP) is 2.35. The second-order valence-corrected chi connectivity index (χ2v) is 6.46. The van der Waals surface area contributed by atoms with Crippen LogP contribution in [0.3, 0.4) is 0 Å². The van der Waals surface area contributed by atoms with Crippen LogP contribution in [0.1, 0.15) is 24.0 Å². The van der Waals surface area contributed by atoms with Gasteiger partial charge in [0.05, 0.1) is 23.5 Å². The van der Waals surface area contributed by atoms with E-state index >= 15 is 0 Å². The smallest absolute Gasteiger partial charge is 0.344 e. The molecular formula is C18H18F3N3O2. The Morgan fingerprint density at radius 1 is 1.27 bits per heavy atom. The van der Waals surface area contributed by atoms with E-state index < -0.39 is 29.5 Å². The van der Waals surface area contributed by atoms with Crippen molar-refractivity contribution in [3.8, 4) is 0 Å². The van der Waals surface area contributed by atoms with Gasteiger partial charge in [-0.2, -0.15) is 13.2 Å². The molecule has 0 bridgehead atoms. The van der Waals surface area contributed by atoms with Gasteiger partial charge in [0, 0.05) is 19.5 Å². The van der Waals surface area contributed by atoms with Gasteiger partial charge in [0.2, 0.25) is 11.8 Å². The summed E-state index contributed by atoms with van der Waals surface area (Å²) in [5, 5.41) is 2.72. The number of carbonyl (C=O) groups is 2. The van der Waals surface area contributed by atoms with Crippen LogP contribution >= 0.6 is 0 Å². The van der Waals surface area contributed by atoms with Crippen molar-refractivity contribution in [2.45, 2.75) is 19.0 Å². The zero-order valence-corrected chi connectivity index (χ0v) is 14.3. The van der Waals surface area contributed by atoms with E-state index in [0.29, 0.717) is 23.5 Å². The fourth-order valence-corrected chi connectivity index (χ4v) is 3.27. The van der Waals surface area contributed by atoms with Crippen molar-refractivity contribution in [3.05, 3.63) is 47.2 Å². The molecule has 5 nitrogen and oxygen atoms in total. The molecule has 1 aromatic rings. The molecule has 3 rings (SSSR count). The maximum absolute atomic E-state index is 12.7. The minimum atomic E-state index is -4.43. The van der Waals surface area contributed by atoms with Crippen molar-refractivity contribution >= 4 is 17.5 Å². The second-order valence-electron chi connectivity index (χ2n) is 6.46. The van der Waals surface area contributed by atoms with Gasteiger partial charge in [-0.15, -0.1) is 0 Å². The summed E-state index contributed by atoms with van der Waals surface area (Å²) in [6.45, 7) is 2.51. The summed E-state index contributed by atoms with van der Waals surface area (Å²) in [5.41, 5.74) is 1.02. The van der Waals surface area contributed by atoms with E-state index in [1.54, 1.807) is 20.0 Å². The van der Waals surface area contributed by atoms with Gasteiger partial charge in [-0.05, 0) is 30.7 Å². The van der Waals surface area contributed by atoms with E-state index in [-0.39, 0.29) is 12.5 Å². The van der Waals surface area contributed by atoms with Crippen LogP contribution in [0.15, 0.2) is 41.0 Å². The first-order valence-electron chi connectivity index (χ1n) is 8.13. The number of hydrogen-bond donors (Lipinski definition) is 1. The van der Waals surface area contributed by atoms with E-state index in [0.717, 1.165) is 12.1 Å². The number of alkyl halides is 3. The highest BCUT2D eigenvalue weighted by Gasteiger charge is 2.44. The van der Waals surface area contributed by atoms with E-state index in [2.05, 4.69) is 10.3 Å². The zero-order chi connectivity index (χ0) is 19.1. The number of hydrogen-bond acceptors (Lipinski definition) is 3. The molecule has 1 fully saturated rings. The number of halogens is 3. The van der Waals surface area contributed by atoms with Crippen molar-refractivity contribution < 1.29 is 22.8 Å². The van der Waals surface area contributed by atoms with Crippen molar-refractivity contribution in [2.24, 2.45) is 10.9 Å². The zero-order valence-electron chi connectivity index (χ0n) is 14.3. The number of carbonyl (C=O) groups excluding carboxylic acids is 2. The lowest BCUT2D eigenvalue weighted by Crippen LogP contribution is -2.38. The van der Waals surface area contributed by atoms with E-state index in [4.69, 9.17) is 0 Å². The monoisotopic (exact) mass is 365 g/mol. The van der Waals surface area contributed by atoms with Crippen molar-refractivity contribution in [1.82, 2.24) is 10.2 Å². The predicted molar refractivity (Wildman–Crippen MR) is 89.5 cm³/mol. The Kier molecular flexibility index (Phi) is 4.60. The van der Waals surface area contributed by atoms with Gasteiger partial charge in [0.25, 0.3) is 0 Å². The summed E-state index contributed by atoms with van der Waals surface area (Å²) in [6.07, 6.45) is -2.67. The molecule has 26 heavy (non-hydrogen) atoms. The van der Waals surface area contributed by atoms with Crippen molar-refractivity contribution in [3.63, 3.8) is 0 Å².